The molecule has 0 aromatic carbocycles. The summed E-state index contributed by atoms with van der Waals surface area (Å²) in [6.07, 6.45) is 13.2. The Morgan fingerprint density at radius 3 is 2.57 bits per heavy atom. The van der Waals surface area contributed by atoms with Crippen LogP contribution in [0.4, 0.5) is 0 Å². The number of hydrogen-bond acceptors (Lipinski definition) is 3. The molecule has 3 heteroatoms. The highest BCUT2D eigenvalue weighted by atomic mass is 15.3. The highest BCUT2D eigenvalue weighted by Gasteiger charge is 2.50. The number of nitrogens with one attached hydrogen (secondary N) is 1. The van der Waals surface area contributed by atoms with Gasteiger partial charge in [0.2, 0.25) is 0 Å². The van der Waals surface area contributed by atoms with Gasteiger partial charge in [-0.1, -0.05) is 26.2 Å². The Kier molecular flexibility index (Phi) is 4.01. The first kappa shape index (κ1) is 14.5. The molecule has 2 saturated carbocycles. The lowest BCUT2D eigenvalue weighted by molar-refractivity contribution is 0.0213. The van der Waals surface area contributed by atoms with Crippen molar-refractivity contribution in [2.75, 3.05) is 6.54 Å². The van der Waals surface area contributed by atoms with E-state index in [0.717, 1.165) is 17.9 Å². The molecule has 0 spiro atoms. The van der Waals surface area contributed by atoms with Gasteiger partial charge in [-0.15, -0.1) is 0 Å². The molecule has 4 rings (SSSR count). The number of rotatable bonds is 1. The highest BCUT2D eigenvalue weighted by molar-refractivity contribution is 5.05. The van der Waals surface area contributed by atoms with Crippen LogP contribution >= 0.6 is 0 Å². The van der Waals surface area contributed by atoms with E-state index in [0.29, 0.717) is 24.2 Å². The summed E-state index contributed by atoms with van der Waals surface area (Å²) >= 11 is 0. The van der Waals surface area contributed by atoms with Gasteiger partial charge in [0.25, 0.3) is 0 Å². The smallest absolute Gasteiger partial charge is 0.0646 e. The van der Waals surface area contributed by atoms with Crippen LogP contribution in [0.1, 0.15) is 64.7 Å². The first-order valence-corrected chi connectivity index (χ1v) is 9.51. The lowest BCUT2D eigenvalue weighted by Crippen LogP contribution is -2.65. The molecule has 0 amide bonds. The zero-order valence-electron chi connectivity index (χ0n) is 13.6. The Hall–Kier alpha value is -0.120. The number of nitrogens with zero attached hydrogens (tertiary/aromatic N) is 1. The van der Waals surface area contributed by atoms with Gasteiger partial charge in [-0.3, -0.25) is 10.2 Å². The number of nitrogens with two attached hydrogens (primary N) is 1. The zero-order valence-corrected chi connectivity index (χ0v) is 13.6. The Bertz CT molecular complexity index is 365. The van der Waals surface area contributed by atoms with Crippen LogP contribution in [0, 0.1) is 17.8 Å². The molecule has 2 saturated heterocycles. The topological polar surface area (TPSA) is 41.3 Å². The minimum absolute atomic E-state index is 0.442. The van der Waals surface area contributed by atoms with Gasteiger partial charge in [0.1, 0.15) is 0 Å². The third kappa shape index (κ3) is 2.55. The molecular formula is C18H33N3. The van der Waals surface area contributed by atoms with Crippen LogP contribution in [0.5, 0.6) is 0 Å². The summed E-state index contributed by atoms with van der Waals surface area (Å²) in [4.78, 5) is 2.82. The molecule has 6 unspecified atom stereocenters. The maximum absolute atomic E-state index is 6.76. The van der Waals surface area contributed by atoms with E-state index in [2.05, 4.69) is 17.1 Å². The number of likely N-dealkylation sites (tertiary alicyclic amines) is 1. The molecule has 3 nitrogen and oxygen atoms in total. The molecule has 2 aliphatic heterocycles. The van der Waals surface area contributed by atoms with Crippen molar-refractivity contribution in [3.05, 3.63) is 0 Å². The van der Waals surface area contributed by atoms with E-state index >= 15 is 0 Å². The molecule has 0 aromatic rings. The van der Waals surface area contributed by atoms with Crippen molar-refractivity contribution in [1.29, 1.82) is 0 Å². The van der Waals surface area contributed by atoms with Gasteiger partial charge in [-0.2, -0.15) is 0 Å². The van der Waals surface area contributed by atoms with Crippen molar-refractivity contribution in [2.24, 2.45) is 23.5 Å². The first-order valence-electron chi connectivity index (χ1n) is 9.51. The predicted octanol–water partition coefficient (Wildman–Crippen LogP) is 2.70. The summed E-state index contributed by atoms with van der Waals surface area (Å²) in [5.74, 6) is 2.33. The predicted molar refractivity (Wildman–Crippen MR) is 86.9 cm³/mol. The van der Waals surface area contributed by atoms with E-state index in [1.54, 1.807) is 0 Å². The molecule has 0 radical (unpaired) electrons. The molecule has 21 heavy (non-hydrogen) atoms. The van der Waals surface area contributed by atoms with Crippen LogP contribution in [-0.4, -0.2) is 35.7 Å². The number of fused-ring (bicyclic) bond motifs is 2. The maximum atomic E-state index is 6.76. The van der Waals surface area contributed by atoms with Crippen LogP contribution in [0.25, 0.3) is 0 Å². The Morgan fingerprint density at radius 1 is 0.952 bits per heavy atom. The van der Waals surface area contributed by atoms with E-state index in [-0.39, 0.29) is 0 Å². The molecular weight excluding hydrogens is 258 g/mol. The van der Waals surface area contributed by atoms with E-state index < -0.39 is 0 Å². The summed E-state index contributed by atoms with van der Waals surface area (Å²) in [6, 6.07) is 1.98. The average Bonchev–Trinajstić information content (AvgIpc) is 2.93. The second-order valence-electron chi connectivity index (χ2n) is 8.36. The summed E-state index contributed by atoms with van der Waals surface area (Å²) in [7, 11) is 0. The molecule has 6 atom stereocenters. The Morgan fingerprint density at radius 2 is 1.76 bits per heavy atom. The van der Waals surface area contributed by atoms with E-state index in [4.69, 9.17) is 5.73 Å². The van der Waals surface area contributed by atoms with Crippen molar-refractivity contribution in [3.8, 4) is 0 Å². The average molecular weight is 291 g/mol. The summed E-state index contributed by atoms with van der Waals surface area (Å²) < 4.78 is 0. The number of hydrogen-bond donors (Lipinski definition) is 2. The highest BCUT2D eigenvalue weighted by Crippen LogP contribution is 2.42. The first-order chi connectivity index (χ1) is 10.2. The van der Waals surface area contributed by atoms with Gasteiger partial charge < -0.3 is 5.73 Å². The molecule has 3 N–H and O–H groups in total. The lowest BCUT2D eigenvalue weighted by Gasteiger charge is -2.50. The van der Waals surface area contributed by atoms with Crippen molar-refractivity contribution in [1.82, 2.24) is 10.2 Å². The fourth-order valence-corrected chi connectivity index (χ4v) is 5.88. The van der Waals surface area contributed by atoms with Crippen molar-refractivity contribution >= 4 is 0 Å². The Labute approximate surface area is 130 Å². The van der Waals surface area contributed by atoms with Crippen molar-refractivity contribution < 1.29 is 0 Å². The molecule has 4 aliphatic rings. The zero-order chi connectivity index (χ0) is 14.4. The molecule has 2 heterocycles. The summed E-state index contributed by atoms with van der Waals surface area (Å²) in [6.45, 7) is 3.70. The van der Waals surface area contributed by atoms with Crippen LogP contribution < -0.4 is 11.1 Å². The van der Waals surface area contributed by atoms with Crippen LogP contribution in [0.3, 0.4) is 0 Å². The summed E-state index contributed by atoms with van der Waals surface area (Å²) in [5, 5.41) is 4.06. The quantitative estimate of drug-likeness (QED) is 0.780. The fraction of sp³-hybridized carbons (Fsp3) is 1.00. The van der Waals surface area contributed by atoms with E-state index in [1.165, 1.54) is 64.3 Å². The van der Waals surface area contributed by atoms with Crippen molar-refractivity contribution in [2.45, 2.75) is 89.0 Å². The molecule has 4 fully saturated rings. The second-order valence-corrected chi connectivity index (χ2v) is 8.36. The monoisotopic (exact) mass is 291 g/mol. The largest absolute Gasteiger partial charge is 0.327 e. The lowest BCUT2D eigenvalue weighted by atomic mass is 9.69. The van der Waals surface area contributed by atoms with Gasteiger partial charge in [0, 0.05) is 30.6 Å². The van der Waals surface area contributed by atoms with Gasteiger partial charge in [0.05, 0.1) is 6.17 Å². The van der Waals surface area contributed by atoms with Gasteiger partial charge >= 0.3 is 0 Å². The minimum Gasteiger partial charge on any atom is -0.327 e. The molecule has 0 aromatic heterocycles. The normalized spacial score (nSPS) is 48.9. The van der Waals surface area contributed by atoms with E-state index in [9.17, 15) is 0 Å². The minimum atomic E-state index is 0.442. The van der Waals surface area contributed by atoms with Crippen LogP contribution in [0.2, 0.25) is 0 Å². The maximum Gasteiger partial charge on any atom is 0.0646 e. The molecule has 120 valence electrons. The SMILES string of the molecule is CC1CCC2NC3C(CCN3C3CCCCC3)C(N)C2C1. The summed E-state index contributed by atoms with van der Waals surface area (Å²) in [5.41, 5.74) is 6.76. The number of piperidine rings is 1. The molecule has 2 aliphatic carbocycles. The van der Waals surface area contributed by atoms with Crippen LogP contribution in [-0.2, 0) is 0 Å². The Balaban J connectivity index is 1.49. The molecule has 0 bridgehead atoms. The van der Waals surface area contributed by atoms with Gasteiger partial charge in [-0.25, -0.2) is 0 Å². The second kappa shape index (κ2) is 5.82. The fourth-order valence-electron chi connectivity index (χ4n) is 5.88. The standard InChI is InChI=1S/C18H33N3/c1-12-7-8-16-15(11-12)17(19)14-9-10-21(18(14)20-16)13-5-3-2-4-6-13/h12-18,20H,2-11,19H2,1H3. The van der Waals surface area contributed by atoms with E-state index in [1.807, 2.05) is 0 Å². The third-order valence-electron chi connectivity index (χ3n) is 7.06. The van der Waals surface area contributed by atoms with Gasteiger partial charge in [0.15, 0.2) is 0 Å². The van der Waals surface area contributed by atoms with Crippen LogP contribution in [0.15, 0.2) is 0 Å². The van der Waals surface area contributed by atoms with Gasteiger partial charge in [-0.05, 0) is 50.4 Å². The van der Waals surface area contributed by atoms with Crippen molar-refractivity contribution in [3.63, 3.8) is 0 Å². The third-order valence-corrected chi connectivity index (χ3v) is 7.06.